The predicted octanol–water partition coefficient (Wildman–Crippen LogP) is 2.34. The lowest BCUT2D eigenvalue weighted by Gasteiger charge is -2.13. The van der Waals surface area contributed by atoms with Crippen molar-refractivity contribution < 1.29 is 0 Å². The summed E-state index contributed by atoms with van der Waals surface area (Å²) >= 11 is 3.35. The van der Waals surface area contributed by atoms with Gasteiger partial charge in [-0.2, -0.15) is 5.10 Å². The van der Waals surface area contributed by atoms with Gasteiger partial charge in [0.05, 0.1) is 17.9 Å². The molecule has 0 bridgehead atoms. The van der Waals surface area contributed by atoms with Crippen LogP contribution in [-0.4, -0.2) is 41.9 Å². The van der Waals surface area contributed by atoms with E-state index in [4.69, 9.17) is 0 Å². The summed E-state index contributed by atoms with van der Waals surface area (Å²) in [5.41, 5.74) is 0.681. The molecular formula is C13H23BrN4O. The van der Waals surface area contributed by atoms with Crippen LogP contribution in [-0.2, 0) is 0 Å². The highest BCUT2D eigenvalue weighted by molar-refractivity contribution is 9.10. The molecule has 1 aromatic heterocycles. The first-order chi connectivity index (χ1) is 8.93. The maximum atomic E-state index is 12.0. The number of nitrogens with zero attached hydrogens (tertiary/aromatic N) is 3. The Labute approximate surface area is 123 Å². The number of nitrogens with one attached hydrogen (secondary N) is 1. The molecule has 0 radical (unpaired) electrons. The first-order valence-corrected chi connectivity index (χ1v) is 7.38. The lowest BCUT2D eigenvalue weighted by molar-refractivity contribution is 0.396. The van der Waals surface area contributed by atoms with Crippen LogP contribution in [0.5, 0.6) is 0 Å². The molecule has 6 heteroatoms. The molecule has 0 aliphatic rings. The summed E-state index contributed by atoms with van der Waals surface area (Å²) in [7, 11) is 4.14. The molecule has 0 saturated carbocycles. The second kappa shape index (κ2) is 7.65. The maximum absolute atomic E-state index is 12.0. The molecule has 0 aliphatic carbocycles. The van der Waals surface area contributed by atoms with Crippen LogP contribution in [0.3, 0.4) is 0 Å². The van der Waals surface area contributed by atoms with Crippen molar-refractivity contribution in [1.29, 1.82) is 0 Å². The van der Waals surface area contributed by atoms with Gasteiger partial charge in [0.2, 0.25) is 0 Å². The molecule has 5 nitrogen and oxygen atoms in total. The summed E-state index contributed by atoms with van der Waals surface area (Å²) in [6, 6.07) is 0.0675. The third-order valence-electron chi connectivity index (χ3n) is 2.78. The molecule has 1 aromatic rings. The van der Waals surface area contributed by atoms with Gasteiger partial charge in [-0.1, -0.05) is 0 Å². The van der Waals surface area contributed by atoms with Crippen LogP contribution in [0.2, 0.25) is 0 Å². The summed E-state index contributed by atoms with van der Waals surface area (Å²) < 4.78 is 2.03. The zero-order valence-corrected chi connectivity index (χ0v) is 13.7. The number of hydrogen-bond acceptors (Lipinski definition) is 4. The fraction of sp³-hybridized carbons (Fsp3) is 0.692. The van der Waals surface area contributed by atoms with E-state index in [-0.39, 0.29) is 11.6 Å². The molecule has 1 heterocycles. The van der Waals surface area contributed by atoms with Crippen LogP contribution in [0.1, 0.15) is 32.7 Å². The molecule has 19 heavy (non-hydrogen) atoms. The van der Waals surface area contributed by atoms with Gasteiger partial charge in [-0.15, -0.1) is 0 Å². The Kier molecular flexibility index (Phi) is 6.51. The van der Waals surface area contributed by atoms with E-state index in [9.17, 15) is 4.79 Å². The summed E-state index contributed by atoms with van der Waals surface area (Å²) in [6.07, 6.45) is 3.91. The molecule has 0 aliphatic heterocycles. The van der Waals surface area contributed by atoms with Gasteiger partial charge in [-0.25, -0.2) is 4.68 Å². The van der Waals surface area contributed by atoms with E-state index in [2.05, 4.69) is 45.3 Å². The Morgan fingerprint density at radius 2 is 2.11 bits per heavy atom. The standard InChI is InChI=1S/C13H23BrN4O/c1-10(2)18-13(19)12(14)11(9-16-18)15-7-5-6-8-17(3)4/h9-10,15H,5-8H2,1-4H3. The van der Waals surface area contributed by atoms with E-state index >= 15 is 0 Å². The molecule has 1 N–H and O–H groups in total. The predicted molar refractivity (Wildman–Crippen MR) is 82.9 cm³/mol. The van der Waals surface area contributed by atoms with Crippen molar-refractivity contribution in [3.8, 4) is 0 Å². The summed E-state index contributed by atoms with van der Waals surface area (Å²) in [6.45, 7) is 5.81. The van der Waals surface area contributed by atoms with Gasteiger partial charge in [-0.3, -0.25) is 4.79 Å². The molecule has 0 aromatic carbocycles. The zero-order valence-electron chi connectivity index (χ0n) is 12.1. The normalized spacial score (nSPS) is 11.3. The molecule has 1 rings (SSSR count). The van der Waals surface area contributed by atoms with Gasteiger partial charge >= 0.3 is 0 Å². The molecule has 0 fully saturated rings. The van der Waals surface area contributed by atoms with Crippen LogP contribution in [0, 0.1) is 0 Å². The average Bonchev–Trinajstić information content (AvgIpc) is 2.33. The Morgan fingerprint density at radius 3 is 2.68 bits per heavy atom. The van der Waals surface area contributed by atoms with Crippen LogP contribution in [0.4, 0.5) is 5.69 Å². The molecule has 0 atom stereocenters. The number of halogens is 1. The SMILES string of the molecule is CC(C)n1ncc(NCCCCN(C)C)c(Br)c1=O. The Hall–Kier alpha value is -0.880. The second-order valence-electron chi connectivity index (χ2n) is 5.15. The molecular weight excluding hydrogens is 308 g/mol. The van der Waals surface area contributed by atoms with Crippen molar-refractivity contribution in [2.75, 3.05) is 32.5 Å². The number of unbranched alkanes of at least 4 members (excludes halogenated alkanes) is 1. The van der Waals surface area contributed by atoms with Crippen molar-refractivity contribution in [1.82, 2.24) is 14.7 Å². The molecule has 0 saturated heterocycles. The van der Waals surface area contributed by atoms with Gasteiger partial charge < -0.3 is 10.2 Å². The molecule has 0 unspecified atom stereocenters. The number of hydrogen-bond donors (Lipinski definition) is 1. The van der Waals surface area contributed by atoms with E-state index in [1.165, 1.54) is 4.68 Å². The molecule has 0 spiro atoms. The van der Waals surface area contributed by atoms with Crippen molar-refractivity contribution in [3.63, 3.8) is 0 Å². The van der Waals surface area contributed by atoms with Crippen molar-refractivity contribution in [2.24, 2.45) is 0 Å². The summed E-state index contributed by atoms with van der Waals surface area (Å²) in [5, 5.41) is 7.42. The maximum Gasteiger partial charge on any atom is 0.283 e. The van der Waals surface area contributed by atoms with Crippen molar-refractivity contribution >= 4 is 21.6 Å². The molecule has 108 valence electrons. The first kappa shape index (κ1) is 16.2. The van der Waals surface area contributed by atoms with Gasteiger partial charge in [0, 0.05) is 6.54 Å². The van der Waals surface area contributed by atoms with Gasteiger partial charge in [0.15, 0.2) is 0 Å². The summed E-state index contributed by atoms with van der Waals surface area (Å²) in [4.78, 5) is 14.2. The number of rotatable bonds is 7. The van der Waals surface area contributed by atoms with E-state index < -0.39 is 0 Å². The zero-order chi connectivity index (χ0) is 14.4. The van der Waals surface area contributed by atoms with Gasteiger partial charge in [-0.05, 0) is 63.3 Å². The van der Waals surface area contributed by atoms with E-state index in [0.29, 0.717) is 4.47 Å². The fourth-order valence-electron chi connectivity index (χ4n) is 1.71. The highest BCUT2D eigenvalue weighted by atomic mass is 79.9. The van der Waals surface area contributed by atoms with E-state index in [0.717, 1.165) is 31.6 Å². The van der Waals surface area contributed by atoms with Crippen LogP contribution in [0.15, 0.2) is 15.5 Å². The quantitative estimate of drug-likeness (QED) is 0.779. The Morgan fingerprint density at radius 1 is 1.42 bits per heavy atom. The highest BCUT2D eigenvalue weighted by Crippen LogP contribution is 2.17. The van der Waals surface area contributed by atoms with Gasteiger partial charge in [0.1, 0.15) is 4.47 Å². The second-order valence-corrected chi connectivity index (χ2v) is 5.95. The third-order valence-corrected chi connectivity index (χ3v) is 3.55. The smallest absolute Gasteiger partial charge is 0.283 e. The van der Waals surface area contributed by atoms with Crippen LogP contribution < -0.4 is 10.9 Å². The minimum absolute atomic E-state index is 0.0675. The lowest BCUT2D eigenvalue weighted by atomic mass is 10.3. The lowest BCUT2D eigenvalue weighted by Crippen LogP contribution is -2.26. The largest absolute Gasteiger partial charge is 0.383 e. The van der Waals surface area contributed by atoms with E-state index in [1.54, 1.807) is 6.20 Å². The van der Waals surface area contributed by atoms with E-state index in [1.807, 2.05) is 13.8 Å². The van der Waals surface area contributed by atoms with Crippen molar-refractivity contribution in [3.05, 3.63) is 21.0 Å². The molecule has 0 amide bonds. The monoisotopic (exact) mass is 330 g/mol. The third kappa shape index (κ3) is 4.95. The minimum atomic E-state index is -0.0895. The summed E-state index contributed by atoms with van der Waals surface area (Å²) in [5.74, 6) is 0. The minimum Gasteiger partial charge on any atom is -0.383 e. The van der Waals surface area contributed by atoms with Crippen LogP contribution >= 0.6 is 15.9 Å². The Bertz CT molecular complexity index is 456. The topological polar surface area (TPSA) is 50.2 Å². The first-order valence-electron chi connectivity index (χ1n) is 6.59. The average molecular weight is 331 g/mol. The van der Waals surface area contributed by atoms with Crippen LogP contribution in [0.25, 0.3) is 0 Å². The Balaban J connectivity index is 2.56. The van der Waals surface area contributed by atoms with Gasteiger partial charge in [0.25, 0.3) is 5.56 Å². The number of aromatic nitrogens is 2. The highest BCUT2D eigenvalue weighted by Gasteiger charge is 2.10. The number of anilines is 1. The fourth-order valence-corrected chi connectivity index (χ4v) is 2.14. The van der Waals surface area contributed by atoms with Crippen molar-refractivity contribution in [2.45, 2.75) is 32.7 Å².